The molecule has 3 nitrogen and oxygen atoms in total. The average molecular weight is 373 g/mol. The summed E-state index contributed by atoms with van der Waals surface area (Å²) in [6.07, 6.45) is 0.815. The molecular formula is C25H27NO2. The first-order valence-corrected chi connectivity index (χ1v) is 9.65. The lowest BCUT2D eigenvalue weighted by Crippen LogP contribution is -2.30. The fraction of sp³-hybridized carbons (Fsp3) is 0.240. The number of benzene rings is 3. The topological polar surface area (TPSA) is 38.3 Å². The first-order valence-electron chi connectivity index (χ1n) is 9.65. The minimum absolute atomic E-state index is 0.0240. The van der Waals surface area contributed by atoms with E-state index in [2.05, 4.69) is 67.7 Å². The van der Waals surface area contributed by atoms with E-state index in [1.54, 1.807) is 0 Å². The van der Waals surface area contributed by atoms with Crippen molar-refractivity contribution >= 4 is 5.91 Å². The van der Waals surface area contributed by atoms with Crippen LogP contribution >= 0.6 is 0 Å². The number of rotatable bonds is 8. The van der Waals surface area contributed by atoms with Crippen LogP contribution in [0.2, 0.25) is 0 Å². The summed E-state index contributed by atoms with van der Waals surface area (Å²) in [6.45, 7) is 5.05. The monoisotopic (exact) mass is 373 g/mol. The van der Waals surface area contributed by atoms with Gasteiger partial charge in [0.15, 0.2) is 6.61 Å². The molecule has 0 spiro atoms. The lowest BCUT2D eigenvalue weighted by atomic mass is 9.78. The van der Waals surface area contributed by atoms with Gasteiger partial charge in [-0.3, -0.25) is 4.79 Å². The van der Waals surface area contributed by atoms with Gasteiger partial charge in [-0.1, -0.05) is 86.6 Å². The van der Waals surface area contributed by atoms with Crippen LogP contribution in [0.25, 0.3) is 0 Å². The van der Waals surface area contributed by atoms with Crippen LogP contribution in [0.4, 0.5) is 0 Å². The maximum absolute atomic E-state index is 12.0. The molecule has 1 amide bonds. The van der Waals surface area contributed by atoms with E-state index in [0.29, 0.717) is 12.3 Å². The summed E-state index contributed by atoms with van der Waals surface area (Å²) in [4.78, 5) is 12.0. The molecule has 0 saturated heterocycles. The van der Waals surface area contributed by atoms with Crippen LogP contribution in [0.5, 0.6) is 5.75 Å². The summed E-state index contributed by atoms with van der Waals surface area (Å²) in [6, 6.07) is 28.5. The maximum Gasteiger partial charge on any atom is 0.257 e. The summed E-state index contributed by atoms with van der Waals surface area (Å²) in [5.74, 6) is 0.593. The van der Waals surface area contributed by atoms with Crippen LogP contribution < -0.4 is 10.1 Å². The largest absolute Gasteiger partial charge is 0.484 e. The van der Waals surface area contributed by atoms with Gasteiger partial charge in [0.25, 0.3) is 5.91 Å². The fourth-order valence-electron chi connectivity index (χ4n) is 3.18. The Labute approximate surface area is 167 Å². The highest BCUT2D eigenvalue weighted by Crippen LogP contribution is 2.32. The molecule has 0 radical (unpaired) electrons. The van der Waals surface area contributed by atoms with Crippen molar-refractivity contribution in [2.75, 3.05) is 13.2 Å². The Morgan fingerprint density at radius 2 is 1.39 bits per heavy atom. The van der Waals surface area contributed by atoms with Gasteiger partial charge in [-0.25, -0.2) is 0 Å². The molecule has 0 fully saturated rings. The molecule has 3 aromatic carbocycles. The van der Waals surface area contributed by atoms with Crippen molar-refractivity contribution in [1.82, 2.24) is 5.32 Å². The predicted molar refractivity (Wildman–Crippen MR) is 114 cm³/mol. The van der Waals surface area contributed by atoms with Gasteiger partial charge in [-0.05, 0) is 35.2 Å². The van der Waals surface area contributed by atoms with E-state index in [9.17, 15) is 4.79 Å². The third-order valence-electron chi connectivity index (χ3n) is 5.02. The first kappa shape index (κ1) is 19.7. The van der Waals surface area contributed by atoms with E-state index in [1.165, 1.54) is 16.7 Å². The minimum atomic E-state index is -0.107. The Bertz CT molecular complexity index is 871. The normalized spacial score (nSPS) is 11.1. The molecule has 0 atom stereocenters. The zero-order valence-electron chi connectivity index (χ0n) is 16.5. The molecule has 0 aliphatic heterocycles. The second kappa shape index (κ2) is 9.23. The van der Waals surface area contributed by atoms with Gasteiger partial charge in [0.1, 0.15) is 5.75 Å². The van der Waals surface area contributed by atoms with Crippen molar-refractivity contribution in [1.29, 1.82) is 0 Å². The number of ether oxygens (including phenoxy) is 1. The van der Waals surface area contributed by atoms with E-state index in [0.717, 1.165) is 6.42 Å². The number of amides is 1. The number of carbonyl (C=O) groups excluding carboxylic acids is 1. The highest BCUT2D eigenvalue weighted by atomic mass is 16.5. The lowest BCUT2D eigenvalue weighted by Gasteiger charge is -2.26. The third-order valence-corrected chi connectivity index (χ3v) is 5.02. The van der Waals surface area contributed by atoms with Gasteiger partial charge in [-0.15, -0.1) is 0 Å². The first-order chi connectivity index (χ1) is 13.6. The number of hydrogen-bond acceptors (Lipinski definition) is 2. The quantitative estimate of drug-likeness (QED) is 0.619. The van der Waals surface area contributed by atoms with Crippen LogP contribution in [0.15, 0.2) is 84.9 Å². The molecule has 0 aromatic heterocycles. The smallest absolute Gasteiger partial charge is 0.257 e. The van der Waals surface area contributed by atoms with E-state index in [-0.39, 0.29) is 17.9 Å². The standard InChI is InChI=1S/C25H27NO2/c1-25(2,21-11-7-4-8-12-21)22-13-15-23(16-14-22)28-19-24(27)26-18-17-20-9-5-3-6-10-20/h3-16H,17-19H2,1-2H3,(H,26,27). The van der Waals surface area contributed by atoms with Crippen LogP contribution in [0, 0.1) is 0 Å². The highest BCUT2D eigenvalue weighted by molar-refractivity contribution is 5.77. The Kier molecular flexibility index (Phi) is 6.49. The minimum Gasteiger partial charge on any atom is -0.484 e. The molecule has 3 heteroatoms. The number of carbonyl (C=O) groups is 1. The molecule has 3 aromatic rings. The van der Waals surface area contributed by atoms with Crippen LogP contribution in [-0.4, -0.2) is 19.1 Å². The average Bonchev–Trinajstić information content (AvgIpc) is 2.74. The van der Waals surface area contributed by atoms with Gasteiger partial charge in [0, 0.05) is 12.0 Å². The molecule has 0 saturated carbocycles. The Hall–Kier alpha value is -3.07. The molecule has 0 heterocycles. The zero-order chi connectivity index (χ0) is 19.8. The maximum atomic E-state index is 12.0. The lowest BCUT2D eigenvalue weighted by molar-refractivity contribution is -0.123. The third kappa shape index (κ3) is 5.23. The summed E-state index contributed by atoms with van der Waals surface area (Å²) in [5.41, 5.74) is 3.59. The summed E-state index contributed by atoms with van der Waals surface area (Å²) in [7, 11) is 0. The summed E-state index contributed by atoms with van der Waals surface area (Å²) in [5, 5.41) is 2.89. The van der Waals surface area contributed by atoms with Gasteiger partial charge in [-0.2, -0.15) is 0 Å². The Balaban J connectivity index is 1.48. The molecular weight excluding hydrogens is 346 g/mol. The highest BCUT2D eigenvalue weighted by Gasteiger charge is 2.22. The molecule has 144 valence electrons. The Morgan fingerprint density at radius 3 is 2.04 bits per heavy atom. The zero-order valence-corrected chi connectivity index (χ0v) is 16.5. The Morgan fingerprint density at radius 1 is 0.821 bits per heavy atom. The van der Waals surface area contributed by atoms with Crippen molar-refractivity contribution < 1.29 is 9.53 Å². The predicted octanol–water partition coefficient (Wildman–Crippen LogP) is 4.75. The molecule has 0 aliphatic carbocycles. The van der Waals surface area contributed by atoms with Crippen molar-refractivity contribution in [2.24, 2.45) is 0 Å². The van der Waals surface area contributed by atoms with E-state index in [1.807, 2.05) is 36.4 Å². The number of hydrogen-bond donors (Lipinski definition) is 1. The van der Waals surface area contributed by atoms with Crippen molar-refractivity contribution in [3.63, 3.8) is 0 Å². The van der Waals surface area contributed by atoms with Crippen LogP contribution in [0.3, 0.4) is 0 Å². The molecule has 0 aliphatic rings. The number of nitrogens with one attached hydrogen (secondary N) is 1. The van der Waals surface area contributed by atoms with Gasteiger partial charge in [0.2, 0.25) is 0 Å². The van der Waals surface area contributed by atoms with Crippen LogP contribution in [-0.2, 0) is 16.6 Å². The van der Waals surface area contributed by atoms with Crippen molar-refractivity contribution in [3.8, 4) is 5.75 Å². The molecule has 1 N–H and O–H groups in total. The van der Waals surface area contributed by atoms with Gasteiger partial charge < -0.3 is 10.1 Å². The van der Waals surface area contributed by atoms with E-state index < -0.39 is 0 Å². The van der Waals surface area contributed by atoms with E-state index in [4.69, 9.17) is 4.74 Å². The second-order valence-electron chi connectivity index (χ2n) is 7.39. The van der Waals surface area contributed by atoms with Crippen molar-refractivity contribution in [3.05, 3.63) is 102 Å². The van der Waals surface area contributed by atoms with Crippen molar-refractivity contribution in [2.45, 2.75) is 25.7 Å². The summed E-state index contributed by atoms with van der Waals surface area (Å²) < 4.78 is 5.63. The fourth-order valence-corrected chi connectivity index (χ4v) is 3.18. The second-order valence-corrected chi connectivity index (χ2v) is 7.39. The molecule has 28 heavy (non-hydrogen) atoms. The molecule has 0 unspecified atom stereocenters. The van der Waals surface area contributed by atoms with Crippen LogP contribution in [0.1, 0.15) is 30.5 Å². The summed E-state index contributed by atoms with van der Waals surface area (Å²) >= 11 is 0. The van der Waals surface area contributed by atoms with E-state index >= 15 is 0 Å². The van der Waals surface area contributed by atoms with Gasteiger partial charge >= 0.3 is 0 Å². The SMILES string of the molecule is CC(C)(c1ccccc1)c1ccc(OCC(=O)NCCc2ccccc2)cc1. The van der Waals surface area contributed by atoms with Gasteiger partial charge in [0.05, 0.1) is 0 Å². The molecule has 3 rings (SSSR count). The molecule has 0 bridgehead atoms.